The minimum Gasteiger partial charge on any atom is -0.493 e. The zero-order valence-electron chi connectivity index (χ0n) is 16.3. The van der Waals surface area contributed by atoms with Gasteiger partial charge in [0.2, 0.25) is 5.75 Å². The van der Waals surface area contributed by atoms with Crippen LogP contribution in [0.5, 0.6) is 17.2 Å². The van der Waals surface area contributed by atoms with Gasteiger partial charge in [-0.05, 0) is 17.7 Å². The lowest BCUT2D eigenvalue weighted by Gasteiger charge is -2.41. The summed E-state index contributed by atoms with van der Waals surface area (Å²) in [4.78, 5) is 0. The van der Waals surface area contributed by atoms with Crippen molar-refractivity contribution >= 4 is 0 Å². The monoisotopic (exact) mass is 420 g/mol. The molecule has 7 atom stereocenters. The predicted molar refractivity (Wildman–Crippen MR) is 96.8 cm³/mol. The second kappa shape index (κ2) is 10.4. The highest BCUT2D eigenvalue weighted by atomic mass is 16.7. The third kappa shape index (κ3) is 4.90. The highest BCUT2D eigenvalue weighted by molar-refractivity contribution is 5.54. The maximum absolute atomic E-state index is 10.7. The van der Waals surface area contributed by atoms with Crippen LogP contribution in [0.2, 0.25) is 0 Å². The Morgan fingerprint density at radius 3 is 1.97 bits per heavy atom. The van der Waals surface area contributed by atoms with E-state index >= 15 is 0 Å². The lowest BCUT2D eigenvalue weighted by Crippen LogP contribution is -2.60. The van der Waals surface area contributed by atoms with E-state index in [9.17, 15) is 30.6 Å². The van der Waals surface area contributed by atoms with E-state index in [1.54, 1.807) is 0 Å². The van der Waals surface area contributed by atoms with Crippen LogP contribution >= 0.6 is 0 Å². The summed E-state index contributed by atoms with van der Waals surface area (Å²) in [6.45, 7) is -1.31. The van der Waals surface area contributed by atoms with E-state index in [0.717, 1.165) is 0 Å². The molecule has 11 heteroatoms. The number of methoxy groups -OCH3 is 3. The van der Waals surface area contributed by atoms with Crippen LogP contribution in [0.3, 0.4) is 0 Å². The summed E-state index contributed by atoms with van der Waals surface area (Å²) in [5, 5.41) is 59.4. The van der Waals surface area contributed by atoms with E-state index < -0.39 is 56.1 Å². The van der Waals surface area contributed by atoms with Crippen molar-refractivity contribution in [3.63, 3.8) is 0 Å². The van der Waals surface area contributed by atoms with Crippen LogP contribution in [-0.4, -0.2) is 102 Å². The van der Waals surface area contributed by atoms with Crippen molar-refractivity contribution < 1.29 is 54.3 Å². The topological polar surface area (TPSA) is 168 Å². The molecule has 166 valence electrons. The Kier molecular flexibility index (Phi) is 8.43. The first-order valence-electron chi connectivity index (χ1n) is 8.87. The number of hydrogen-bond acceptors (Lipinski definition) is 11. The van der Waals surface area contributed by atoms with Crippen molar-refractivity contribution in [2.45, 2.75) is 42.9 Å². The van der Waals surface area contributed by atoms with E-state index in [0.29, 0.717) is 5.75 Å². The second-order valence-corrected chi connectivity index (χ2v) is 6.46. The molecule has 0 saturated carbocycles. The van der Waals surface area contributed by atoms with Gasteiger partial charge in [0, 0.05) is 0 Å². The Bertz CT molecular complexity index is 628. The largest absolute Gasteiger partial charge is 0.493 e. The number of benzene rings is 1. The van der Waals surface area contributed by atoms with Gasteiger partial charge in [-0.3, -0.25) is 0 Å². The van der Waals surface area contributed by atoms with Crippen molar-refractivity contribution in [1.82, 2.24) is 0 Å². The van der Waals surface area contributed by atoms with E-state index in [4.69, 9.17) is 23.7 Å². The molecule has 6 N–H and O–H groups in total. The molecular formula is C18H28O11. The van der Waals surface area contributed by atoms with Crippen LogP contribution in [-0.2, 0) is 9.47 Å². The number of rotatable bonds is 9. The fraction of sp³-hybridized carbons (Fsp3) is 0.667. The molecule has 11 nitrogen and oxygen atoms in total. The summed E-state index contributed by atoms with van der Waals surface area (Å²) in [5.74, 6) is 0.845. The Labute approximate surface area is 167 Å². The molecule has 0 spiro atoms. The quantitative estimate of drug-likeness (QED) is 0.259. The lowest BCUT2D eigenvalue weighted by atomic mass is 9.99. The summed E-state index contributed by atoms with van der Waals surface area (Å²) < 4.78 is 26.4. The SMILES string of the molecule is COc1cc([C@H](O)[C@@H](CO)O[C@@H]2O[C@H](CO)[C@@H](O)[C@H](O)[C@H]2O)cc(OC)c1OC. The molecule has 0 amide bonds. The van der Waals surface area contributed by atoms with Gasteiger partial charge in [-0.15, -0.1) is 0 Å². The van der Waals surface area contributed by atoms with Crippen molar-refractivity contribution in [3.05, 3.63) is 17.7 Å². The van der Waals surface area contributed by atoms with Gasteiger partial charge in [0.1, 0.15) is 36.6 Å². The van der Waals surface area contributed by atoms with Gasteiger partial charge < -0.3 is 54.3 Å². The van der Waals surface area contributed by atoms with Crippen LogP contribution in [0.15, 0.2) is 12.1 Å². The predicted octanol–water partition coefficient (Wildman–Crippen LogP) is -2.08. The van der Waals surface area contributed by atoms with Gasteiger partial charge >= 0.3 is 0 Å². The third-order valence-electron chi connectivity index (χ3n) is 4.72. The number of ether oxygens (including phenoxy) is 5. The van der Waals surface area contributed by atoms with Crippen molar-refractivity contribution in [2.24, 2.45) is 0 Å². The summed E-state index contributed by atoms with van der Waals surface area (Å²) in [5.41, 5.74) is 0.253. The number of aliphatic hydroxyl groups excluding tert-OH is 6. The molecule has 0 radical (unpaired) electrons. The molecule has 1 heterocycles. The van der Waals surface area contributed by atoms with Crippen molar-refractivity contribution in [1.29, 1.82) is 0 Å². The van der Waals surface area contributed by atoms with Gasteiger partial charge in [-0.2, -0.15) is 0 Å². The van der Waals surface area contributed by atoms with Gasteiger partial charge in [0.05, 0.1) is 34.5 Å². The van der Waals surface area contributed by atoms with E-state index in [1.165, 1.54) is 33.5 Å². The minimum absolute atomic E-state index is 0.253. The van der Waals surface area contributed by atoms with E-state index in [2.05, 4.69) is 0 Å². The standard InChI is InChI=1S/C18H28O11/c1-25-9-4-8(5-10(26-2)17(9)27-3)13(21)11(6-19)28-18-16(24)15(23)14(22)12(7-20)29-18/h4-5,11-16,18-24H,6-7H2,1-3H3/t11-,12-,13+,14-,15+,16-,18-/m1/s1. The lowest BCUT2D eigenvalue weighted by molar-refractivity contribution is -0.319. The fourth-order valence-corrected chi connectivity index (χ4v) is 3.06. The number of hydrogen-bond donors (Lipinski definition) is 6. The molecule has 0 bridgehead atoms. The van der Waals surface area contributed by atoms with Crippen LogP contribution in [0.25, 0.3) is 0 Å². The molecule has 1 aliphatic heterocycles. The first-order valence-corrected chi connectivity index (χ1v) is 8.87. The first-order chi connectivity index (χ1) is 13.8. The molecular weight excluding hydrogens is 392 g/mol. The Morgan fingerprint density at radius 1 is 0.931 bits per heavy atom. The van der Waals surface area contributed by atoms with Gasteiger partial charge in [-0.1, -0.05) is 0 Å². The smallest absolute Gasteiger partial charge is 0.203 e. The molecule has 29 heavy (non-hydrogen) atoms. The molecule has 2 rings (SSSR count). The highest BCUT2D eigenvalue weighted by Crippen LogP contribution is 2.40. The molecule has 1 aromatic rings. The molecule has 0 aromatic heterocycles. The summed E-state index contributed by atoms with van der Waals surface area (Å²) in [6.07, 6.45) is -10.3. The van der Waals surface area contributed by atoms with E-state index in [1.807, 2.05) is 0 Å². The second-order valence-electron chi connectivity index (χ2n) is 6.46. The zero-order valence-corrected chi connectivity index (χ0v) is 16.3. The first kappa shape index (κ1) is 23.6. The molecule has 1 fully saturated rings. The summed E-state index contributed by atoms with van der Waals surface area (Å²) in [7, 11) is 4.23. The van der Waals surface area contributed by atoms with Gasteiger partial charge in [0.25, 0.3) is 0 Å². The number of aliphatic hydroxyl groups is 6. The fourth-order valence-electron chi connectivity index (χ4n) is 3.06. The molecule has 0 aliphatic carbocycles. The van der Waals surface area contributed by atoms with Crippen LogP contribution < -0.4 is 14.2 Å². The van der Waals surface area contributed by atoms with Crippen molar-refractivity contribution in [2.75, 3.05) is 34.5 Å². The van der Waals surface area contributed by atoms with Gasteiger partial charge in [0.15, 0.2) is 17.8 Å². The average Bonchev–Trinajstić information content (AvgIpc) is 2.75. The Balaban J connectivity index is 2.25. The van der Waals surface area contributed by atoms with Crippen LogP contribution in [0.1, 0.15) is 11.7 Å². The van der Waals surface area contributed by atoms with Crippen LogP contribution in [0, 0.1) is 0 Å². The van der Waals surface area contributed by atoms with Crippen LogP contribution in [0.4, 0.5) is 0 Å². The Morgan fingerprint density at radius 2 is 1.52 bits per heavy atom. The molecule has 0 unspecified atom stereocenters. The third-order valence-corrected chi connectivity index (χ3v) is 4.72. The summed E-state index contributed by atoms with van der Waals surface area (Å²) >= 11 is 0. The summed E-state index contributed by atoms with van der Waals surface area (Å²) in [6, 6.07) is 2.93. The maximum Gasteiger partial charge on any atom is 0.203 e. The minimum atomic E-state index is -1.67. The molecule has 1 saturated heterocycles. The maximum atomic E-state index is 10.7. The van der Waals surface area contributed by atoms with Crippen molar-refractivity contribution in [3.8, 4) is 17.2 Å². The highest BCUT2D eigenvalue weighted by Gasteiger charge is 2.45. The average molecular weight is 420 g/mol. The molecule has 1 aromatic carbocycles. The Hall–Kier alpha value is -1.70. The van der Waals surface area contributed by atoms with E-state index in [-0.39, 0.29) is 17.1 Å². The molecule has 1 aliphatic rings. The normalized spacial score (nSPS) is 29.2. The zero-order chi connectivity index (χ0) is 21.7. The van der Waals surface area contributed by atoms with Gasteiger partial charge in [-0.25, -0.2) is 0 Å².